The van der Waals surface area contributed by atoms with E-state index in [0.717, 1.165) is 32.9 Å². The second-order valence-electron chi connectivity index (χ2n) is 15.2. The molecule has 54 heavy (non-hydrogen) atoms. The van der Waals surface area contributed by atoms with E-state index < -0.39 is 0 Å². The van der Waals surface area contributed by atoms with Crippen molar-refractivity contribution in [3.63, 3.8) is 0 Å². The highest BCUT2D eigenvalue weighted by Crippen LogP contribution is 2.61. The molecule has 0 amide bonds. The van der Waals surface area contributed by atoms with Gasteiger partial charge >= 0.3 is 0 Å². The molecule has 1 fully saturated rings. The number of benzene rings is 7. The van der Waals surface area contributed by atoms with Crippen LogP contribution in [0.2, 0.25) is 0 Å². The standard InChI is InChI=1S/C50H35N3S/c1-3-15-31(16-4-1)32-25-27-33(28-26-32)45-48-46(38-21-9-12-24-41(38)54-48)52-49(51-45)53-40-23-11-8-20-37(40)43-44-42(34-17-5-6-18-35(34)47(43)53)36-19-7-10-22-39(36)50(44)29-13-2-14-30-50/h1,3-12,15-28H,2,13-14,29-30H2. The van der Waals surface area contributed by atoms with Crippen LogP contribution in [-0.4, -0.2) is 14.5 Å². The summed E-state index contributed by atoms with van der Waals surface area (Å²) in [7, 11) is 0. The lowest BCUT2D eigenvalue weighted by atomic mass is 9.66. The first-order chi connectivity index (χ1) is 26.8. The van der Waals surface area contributed by atoms with Gasteiger partial charge in [-0.3, -0.25) is 4.57 Å². The highest BCUT2D eigenvalue weighted by atomic mass is 32.1. The zero-order chi connectivity index (χ0) is 35.4. The number of nitrogens with zero attached hydrogens (tertiary/aromatic N) is 3. The Hall–Kier alpha value is -6.10. The SMILES string of the molecule is c1ccc(-c2ccc(-c3nc(-n4c5ccccc5c5c6c(c7ccccc7c54)-c4ccccc4C64CCCCC4)nc4c3sc3ccccc34)cc2)cc1. The van der Waals surface area contributed by atoms with E-state index in [1.807, 2.05) is 0 Å². The van der Waals surface area contributed by atoms with Crippen LogP contribution in [0.3, 0.4) is 0 Å². The molecule has 3 nitrogen and oxygen atoms in total. The van der Waals surface area contributed by atoms with Crippen molar-refractivity contribution in [3.05, 3.63) is 163 Å². The third kappa shape index (κ3) is 4.12. The van der Waals surface area contributed by atoms with E-state index in [9.17, 15) is 0 Å². The van der Waals surface area contributed by atoms with Crippen molar-refractivity contribution in [1.29, 1.82) is 0 Å². The lowest BCUT2D eigenvalue weighted by Gasteiger charge is -2.36. The van der Waals surface area contributed by atoms with Crippen LogP contribution in [-0.2, 0) is 5.41 Å². The number of thiophene rings is 1. The summed E-state index contributed by atoms with van der Waals surface area (Å²) >= 11 is 1.79. The maximum atomic E-state index is 5.62. The molecule has 2 aliphatic rings. The molecule has 0 bridgehead atoms. The number of aromatic nitrogens is 3. The van der Waals surface area contributed by atoms with E-state index in [1.165, 1.54) is 103 Å². The Morgan fingerprint density at radius 2 is 1.19 bits per heavy atom. The Kier molecular flexibility index (Phi) is 6.44. The summed E-state index contributed by atoms with van der Waals surface area (Å²) in [6.07, 6.45) is 6.15. The smallest absolute Gasteiger partial charge is 0.235 e. The predicted molar refractivity (Wildman–Crippen MR) is 227 cm³/mol. The normalized spacial score (nSPS) is 14.8. The van der Waals surface area contributed by atoms with Crippen LogP contribution in [0, 0.1) is 0 Å². The van der Waals surface area contributed by atoms with Gasteiger partial charge in [0.2, 0.25) is 5.95 Å². The van der Waals surface area contributed by atoms with Gasteiger partial charge in [0.1, 0.15) is 0 Å². The van der Waals surface area contributed by atoms with Crippen LogP contribution in [0.1, 0.15) is 43.2 Å². The summed E-state index contributed by atoms with van der Waals surface area (Å²) in [6, 6.07) is 55.6. The fraction of sp³-hybridized carbons (Fsp3) is 0.120. The first kappa shape index (κ1) is 30.4. The molecule has 7 aromatic carbocycles. The number of rotatable bonds is 3. The van der Waals surface area contributed by atoms with Crippen molar-refractivity contribution in [1.82, 2.24) is 14.5 Å². The van der Waals surface area contributed by atoms with Crippen molar-refractivity contribution in [2.45, 2.75) is 37.5 Å². The second-order valence-corrected chi connectivity index (χ2v) is 16.2. The summed E-state index contributed by atoms with van der Waals surface area (Å²) < 4.78 is 4.75. The molecule has 0 N–H and O–H groups in total. The Morgan fingerprint density at radius 1 is 0.537 bits per heavy atom. The van der Waals surface area contributed by atoms with E-state index in [-0.39, 0.29) is 5.41 Å². The number of hydrogen-bond acceptors (Lipinski definition) is 3. The molecule has 0 unspecified atom stereocenters. The molecule has 1 spiro atoms. The minimum atomic E-state index is -0.0125. The fourth-order valence-electron chi connectivity index (χ4n) is 10.1. The highest BCUT2D eigenvalue weighted by Gasteiger charge is 2.46. The summed E-state index contributed by atoms with van der Waals surface area (Å²) in [5.41, 5.74) is 13.7. The van der Waals surface area contributed by atoms with Gasteiger partial charge in [-0.1, -0.05) is 159 Å². The highest BCUT2D eigenvalue weighted by molar-refractivity contribution is 7.26. The minimum absolute atomic E-state index is 0.0125. The molecule has 3 heterocycles. The molecule has 12 rings (SSSR count). The summed E-state index contributed by atoms with van der Waals surface area (Å²) in [6.45, 7) is 0. The molecular formula is C50H35N3S. The number of hydrogen-bond donors (Lipinski definition) is 0. The van der Waals surface area contributed by atoms with Crippen molar-refractivity contribution in [2.24, 2.45) is 0 Å². The molecule has 0 radical (unpaired) electrons. The van der Waals surface area contributed by atoms with Gasteiger partial charge < -0.3 is 0 Å². The molecule has 3 aromatic heterocycles. The van der Waals surface area contributed by atoms with Gasteiger partial charge in [0.25, 0.3) is 0 Å². The zero-order valence-corrected chi connectivity index (χ0v) is 30.5. The van der Waals surface area contributed by atoms with Crippen molar-refractivity contribution < 1.29 is 0 Å². The first-order valence-corrected chi connectivity index (χ1v) is 20.0. The quantitative estimate of drug-likeness (QED) is 0.183. The maximum Gasteiger partial charge on any atom is 0.235 e. The van der Waals surface area contributed by atoms with E-state index >= 15 is 0 Å². The fourth-order valence-corrected chi connectivity index (χ4v) is 11.3. The molecule has 10 aromatic rings. The number of para-hydroxylation sites is 1. The Balaban J connectivity index is 1.21. The van der Waals surface area contributed by atoms with E-state index in [0.29, 0.717) is 0 Å². The van der Waals surface area contributed by atoms with Crippen LogP contribution < -0.4 is 0 Å². The lowest BCUT2D eigenvalue weighted by molar-refractivity contribution is 0.355. The minimum Gasteiger partial charge on any atom is -0.277 e. The zero-order valence-electron chi connectivity index (χ0n) is 29.7. The summed E-state index contributed by atoms with van der Waals surface area (Å²) in [4.78, 5) is 11.2. The van der Waals surface area contributed by atoms with Crippen molar-refractivity contribution in [3.8, 4) is 39.5 Å². The third-order valence-corrected chi connectivity index (χ3v) is 13.6. The Bertz CT molecular complexity index is 3130. The van der Waals surface area contributed by atoms with Gasteiger partial charge in [-0.2, -0.15) is 0 Å². The second kappa shape index (κ2) is 11.4. The lowest BCUT2D eigenvalue weighted by Crippen LogP contribution is -2.28. The summed E-state index contributed by atoms with van der Waals surface area (Å²) in [5, 5.41) is 6.38. The predicted octanol–water partition coefficient (Wildman–Crippen LogP) is 13.7. The van der Waals surface area contributed by atoms with Crippen LogP contribution >= 0.6 is 11.3 Å². The van der Waals surface area contributed by atoms with E-state index in [2.05, 4.69) is 156 Å². The van der Waals surface area contributed by atoms with Gasteiger partial charge in [-0.15, -0.1) is 11.3 Å². The molecule has 1 saturated carbocycles. The van der Waals surface area contributed by atoms with Gasteiger partial charge in [0.05, 0.1) is 26.9 Å². The van der Waals surface area contributed by atoms with Crippen LogP contribution in [0.5, 0.6) is 0 Å². The Labute approximate surface area is 317 Å². The van der Waals surface area contributed by atoms with Crippen LogP contribution in [0.4, 0.5) is 0 Å². The molecule has 0 saturated heterocycles. The average molecular weight is 710 g/mol. The maximum absolute atomic E-state index is 5.62. The molecule has 0 atom stereocenters. The van der Waals surface area contributed by atoms with E-state index in [4.69, 9.17) is 9.97 Å². The van der Waals surface area contributed by atoms with Crippen LogP contribution in [0.25, 0.3) is 92.3 Å². The largest absolute Gasteiger partial charge is 0.277 e. The molecular weight excluding hydrogens is 675 g/mol. The van der Waals surface area contributed by atoms with Crippen molar-refractivity contribution >= 4 is 64.2 Å². The number of fused-ring (bicyclic) bond motifs is 15. The van der Waals surface area contributed by atoms with Gasteiger partial charge in [-0.05, 0) is 63.7 Å². The van der Waals surface area contributed by atoms with Gasteiger partial charge in [-0.25, -0.2) is 9.97 Å². The van der Waals surface area contributed by atoms with Gasteiger partial charge in [0.15, 0.2) is 0 Å². The average Bonchev–Trinajstić information content (AvgIpc) is 3.88. The van der Waals surface area contributed by atoms with E-state index in [1.54, 1.807) is 11.3 Å². The monoisotopic (exact) mass is 709 g/mol. The van der Waals surface area contributed by atoms with Crippen molar-refractivity contribution in [2.75, 3.05) is 0 Å². The summed E-state index contributed by atoms with van der Waals surface area (Å²) in [5.74, 6) is 0.720. The van der Waals surface area contributed by atoms with Crippen LogP contribution in [0.15, 0.2) is 152 Å². The Morgan fingerprint density at radius 3 is 2.02 bits per heavy atom. The molecule has 2 aliphatic carbocycles. The topological polar surface area (TPSA) is 30.7 Å². The first-order valence-electron chi connectivity index (χ1n) is 19.2. The molecule has 256 valence electrons. The molecule has 4 heteroatoms. The third-order valence-electron chi connectivity index (χ3n) is 12.4. The molecule has 0 aliphatic heterocycles. The van der Waals surface area contributed by atoms with Gasteiger partial charge in [0, 0.05) is 37.2 Å².